The van der Waals surface area contributed by atoms with Gasteiger partial charge in [-0.2, -0.15) is 0 Å². The summed E-state index contributed by atoms with van der Waals surface area (Å²) in [4.78, 5) is 53.5. The molecule has 30 heavy (non-hydrogen) atoms. The minimum atomic E-state index is -1.08. The lowest BCUT2D eigenvalue weighted by Crippen LogP contribution is -2.57. The summed E-state index contributed by atoms with van der Waals surface area (Å²) in [6.45, 7) is 8.28. The van der Waals surface area contributed by atoms with E-state index < -0.39 is 36.0 Å². The van der Waals surface area contributed by atoms with Crippen LogP contribution in [-0.2, 0) is 19.2 Å². The second-order valence-corrected chi connectivity index (χ2v) is 8.86. The Balaban J connectivity index is 2.12. The molecular weight excluding hydrogens is 388 g/mol. The average Bonchev–Trinajstić information content (AvgIpc) is 3.38. The lowest BCUT2D eigenvalue weighted by Gasteiger charge is -2.33. The highest BCUT2D eigenvalue weighted by atomic mass is 16.4. The summed E-state index contributed by atoms with van der Waals surface area (Å²) in [7, 11) is 0. The van der Waals surface area contributed by atoms with Gasteiger partial charge in [0.05, 0.1) is 6.04 Å². The van der Waals surface area contributed by atoms with E-state index in [-0.39, 0.29) is 23.7 Å². The minimum Gasteiger partial charge on any atom is -0.480 e. The molecule has 2 aliphatic heterocycles. The zero-order valence-corrected chi connectivity index (χ0v) is 18.5. The van der Waals surface area contributed by atoms with E-state index in [4.69, 9.17) is 5.73 Å². The molecule has 3 amide bonds. The molecule has 170 valence electrons. The van der Waals surface area contributed by atoms with Gasteiger partial charge in [0, 0.05) is 13.1 Å². The summed E-state index contributed by atoms with van der Waals surface area (Å²) in [5.74, 6) is -2.26. The molecule has 5 unspecified atom stereocenters. The van der Waals surface area contributed by atoms with Crippen LogP contribution in [0.3, 0.4) is 0 Å². The smallest absolute Gasteiger partial charge is 0.326 e. The SMILES string of the molecule is CCC(C)C(NC(=O)C1CCCN1C(=O)C1CCCN1C(=O)C(N)C(C)C)C(=O)O. The van der Waals surface area contributed by atoms with E-state index in [0.29, 0.717) is 45.2 Å². The van der Waals surface area contributed by atoms with E-state index in [0.717, 1.165) is 0 Å². The van der Waals surface area contributed by atoms with Crippen LogP contribution in [0.1, 0.15) is 59.8 Å². The fourth-order valence-electron chi connectivity index (χ4n) is 4.19. The third-order valence-electron chi connectivity index (χ3n) is 6.44. The fourth-order valence-corrected chi connectivity index (χ4v) is 4.19. The number of nitrogens with one attached hydrogen (secondary N) is 1. The van der Waals surface area contributed by atoms with Crippen molar-refractivity contribution >= 4 is 23.7 Å². The highest BCUT2D eigenvalue weighted by Crippen LogP contribution is 2.26. The summed E-state index contributed by atoms with van der Waals surface area (Å²) in [5, 5.41) is 12.1. The quantitative estimate of drug-likeness (QED) is 0.522. The Morgan fingerprint density at radius 1 is 1.03 bits per heavy atom. The molecule has 0 aromatic heterocycles. The Morgan fingerprint density at radius 3 is 2.13 bits per heavy atom. The molecule has 2 aliphatic rings. The summed E-state index contributed by atoms with van der Waals surface area (Å²) < 4.78 is 0. The standard InChI is InChI=1S/C21H36N4O5/c1-5-13(4)17(21(29)30)23-18(26)14-8-6-10-24(14)19(27)15-9-7-11-25(15)20(28)16(22)12(2)3/h12-17H,5-11,22H2,1-4H3,(H,23,26)(H,29,30). The first-order valence-corrected chi connectivity index (χ1v) is 11.0. The molecule has 2 heterocycles. The molecule has 0 aliphatic carbocycles. The zero-order chi connectivity index (χ0) is 22.6. The van der Waals surface area contributed by atoms with Gasteiger partial charge in [-0.15, -0.1) is 0 Å². The Morgan fingerprint density at radius 2 is 1.60 bits per heavy atom. The molecule has 0 spiro atoms. The monoisotopic (exact) mass is 424 g/mol. The normalized spacial score (nSPS) is 24.6. The van der Waals surface area contributed by atoms with Crippen molar-refractivity contribution in [2.75, 3.05) is 13.1 Å². The molecule has 0 aromatic carbocycles. The fraction of sp³-hybridized carbons (Fsp3) is 0.810. The van der Waals surface area contributed by atoms with Crippen molar-refractivity contribution in [3.63, 3.8) is 0 Å². The van der Waals surface area contributed by atoms with Gasteiger partial charge in [0.2, 0.25) is 17.7 Å². The van der Waals surface area contributed by atoms with Crippen molar-refractivity contribution < 1.29 is 24.3 Å². The average molecular weight is 425 g/mol. The maximum atomic E-state index is 13.3. The first-order valence-electron chi connectivity index (χ1n) is 11.0. The van der Waals surface area contributed by atoms with Gasteiger partial charge in [0.1, 0.15) is 18.1 Å². The van der Waals surface area contributed by atoms with Crippen molar-refractivity contribution in [2.24, 2.45) is 17.6 Å². The molecule has 5 atom stereocenters. The number of carbonyl (C=O) groups excluding carboxylic acids is 3. The molecule has 9 heteroatoms. The Bertz CT molecular complexity index is 668. The van der Waals surface area contributed by atoms with Crippen LogP contribution in [0, 0.1) is 11.8 Å². The Labute approximate surface area is 178 Å². The summed E-state index contributed by atoms with van der Waals surface area (Å²) in [6, 6.07) is -2.98. The van der Waals surface area contributed by atoms with Crippen LogP contribution in [0.4, 0.5) is 0 Å². The van der Waals surface area contributed by atoms with E-state index in [1.165, 1.54) is 4.90 Å². The van der Waals surface area contributed by atoms with Gasteiger partial charge in [0.25, 0.3) is 0 Å². The van der Waals surface area contributed by atoms with Crippen LogP contribution in [-0.4, -0.2) is 75.9 Å². The molecule has 0 saturated carbocycles. The van der Waals surface area contributed by atoms with Gasteiger partial charge >= 0.3 is 5.97 Å². The van der Waals surface area contributed by atoms with Gasteiger partial charge in [-0.25, -0.2) is 4.79 Å². The number of nitrogens with two attached hydrogens (primary N) is 1. The summed E-state index contributed by atoms with van der Waals surface area (Å²) >= 11 is 0. The van der Waals surface area contributed by atoms with Crippen molar-refractivity contribution in [1.82, 2.24) is 15.1 Å². The molecule has 0 bridgehead atoms. The maximum absolute atomic E-state index is 13.3. The van der Waals surface area contributed by atoms with Crippen LogP contribution >= 0.6 is 0 Å². The number of likely N-dealkylation sites (tertiary alicyclic amines) is 2. The van der Waals surface area contributed by atoms with Crippen molar-refractivity contribution in [1.29, 1.82) is 0 Å². The number of carboxylic acids is 1. The molecule has 0 radical (unpaired) electrons. The van der Waals surface area contributed by atoms with E-state index in [1.807, 2.05) is 20.8 Å². The van der Waals surface area contributed by atoms with E-state index in [1.54, 1.807) is 11.8 Å². The highest BCUT2D eigenvalue weighted by molar-refractivity contribution is 5.94. The molecule has 9 nitrogen and oxygen atoms in total. The van der Waals surface area contributed by atoms with E-state index in [2.05, 4.69) is 5.32 Å². The van der Waals surface area contributed by atoms with Gasteiger partial charge in [-0.1, -0.05) is 34.1 Å². The number of amides is 3. The first-order chi connectivity index (χ1) is 14.1. The number of rotatable bonds is 8. The number of nitrogens with zero attached hydrogens (tertiary/aromatic N) is 2. The van der Waals surface area contributed by atoms with Gasteiger partial charge in [-0.3, -0.25) is 14.4 Å². The van der Waals surface area contributed by atoms with Crippen molar-refractivity contribution in [3.8, 4) is 0 Å². The van der Waals surface area contributed by atoms with Crippen molar-refractivity contribution in [2.45, 2.75) is 84.0 Å². The number of hydrogen-bond acceptors (Lipinski definition) is 5. The molecular formula is C21H36N4O5. The lowest BCUT2D eigenvalue weighted by molar-refractivity contribution is -0.148. The number of carboxylic acid groups (broad SMARTS) is 1. The number of hydrogen-bond donors (Lipinski definition) is 3. The second kappa shape index (κ2) is 10.2. The topological polar surface area (TPSA) is 133 Å². The second-order valence-electron chi connectivity index (χ2n) is 8.86. The lowest BCUT2D eigenvalue weighted by atomic mass is 9.98. The third-order valence-corrected chi connectivity index (χ3v) is 6.44. The molecule has 2 fully saturated rings. The number of aliphatic carboxylic acids is 1. The van der Waals surface area contributed by atoms with Gasteiger partial charge in [0.15, 0.2) is 0 Å². The van der Waals surface area contributed by atoms with E-state index >= 15 is 0 Å². The predicted octanol–water partition coefficient (Wildman–Crippen LogP) is 0.567. The molecule has 2 saturated heterocycles. The first kappa shape index (κ1) is 24.1. The van der Waals surface area contributed by atoms with Crippen LogP contribution < -0.4 is 11.1 Å². The molecule has 4 N–H and O–H groups in total. The third kappa shape index (κ3) is 5.11. The van der Waals surface area contributed by atoms with Crippen LogP contribution in [0.5, 0.6) is 0 Å². The largest absolute Gasteiger partial charge is 0.480 e. The molecule has 0 aromatic rings. The summed E-state index contributed by atoms with van der Waals surface area (Å²) in [5.41, 5.74) is 6.02. The Hall–Kier alpha value is -2.16. The number of carbonyl (C=O) groups is 4. The van der Waals surface area contributed by atoms with Crippen LogP contribution in [0.2, 0.25) is 0 Å². The van der Waals surface area contributed by atoms with Crippen LogP contribution in [0.25, 0.3) is 0 Å². The highest BCUT2D eigenvalue weighted by Gasteiger charge is 2.43. The van der Waals surface area contributed by atoms with Gasteiger partial charge < -0.3 is 26.0 Å². The van der Waals surface area contributed by atoms with E-state index in [9.17, 15) is 24.3 Å². The maximum Gasteiger partial charge on any atom is 0.326 e. The summed E-state index contributed by atoms with van der Waals surface area (Å²) in [6.07, 6.45) is 3.02. The zero-order valence-electron chi connectivity index (χ0n) is 18.5. The van der Waals surface area contributed by atoms with Gasteiger partial charge in [-0.05, 0) is 37.5 Å². The van der Waals surface area contributed by atoms with Crippen molar-refractivity contribution in [3.05, 3.63) is 0 Å². The minimum absolute atomic E-state index is 0.0346. The predicted molar refractivity (Wildman–Crippen MR) is 111 cm³/mol. The molecule has 2 rings (SSSR count). The van der Waals surface area contributed by atoms with Crippen LogP contribution in [0.15, 0.2) is 0 Å². The Kier molecular flexibility index (Phi) is 8.23.